The van der Waals surface area contributed by atoms with E-state index in [2.05, 4.69) is 11.8 Å². The van der Waals surface area contributed by atoms with E-state index in [0.717, 1.165) is 11.3 Å². The zero-order valence-electron chi connectivity index (χ0n) is 14.0. The van der Waals surface area contributed by atoms with Gasteiger partial charge in [-0.15, -0.1) is 5.06 Å². The number of hydrogen-bond donors (Lipinski definition) is 0. The summed E-state index contributed by atoms with van der Waals surface area (Å²) < 4.78 is 5.09. The number of rotatable bonds is 3. The molecule has 0 unspecified atom stereocenters. The largest absolute Gasteiger partial charge is 0.497 e. The van der Waals surface area contributed by atoms with Gasteiger partial charge in [0, 0.05) is 24.0 Å². The SMILES string of the molecule is COc1ccc(C#Cc2ccc(C(=O)ON3C(=O)CCC3=O)cc2)cc1. The van der Waals surface area contributed by atoms with Gasteiger partial charge < -0.3 is 9.57 Å². The molecule has 6 nitrogen and oxygen atoms in total. The molecule has 0 N–H and O–H groups in total. The predicted octanol–water partition coefficient (Wildman–Crippen LogP) is 2.32. The third kappa shape index (κ3) is 3.90. The van der Waals surface area contributed by atoms with Gasteiger partial charge in [0.05, 0.1) is 12.7 Å². The van der Waals surface area contributed by atoms with Crippen LogP contribution in [0.4, 0.5) is 0 Å². The molecule has 0 radical (unpaired) electrons. The summed E-state index contributed by atoms with van der Waals surface area (Å²) >= 11 is 0. The molecule has 0 bridgehead atoms. The number of nitrogens with zero attached hydrogens (tertiary/aromatic N) is 1. The van der Waals surface area contributed by atoms with E-state index < -0.39 is 17.8 Å². The van der Waals surface area contributed by atoms with Gasteiger partial charge >= 0.3 is 5.97 Å². The molecule has 1 aliphatic rings. The highest BCUT2D eigenvalue weighted by Crippen LogP contribution is 2.15. The number of amides is 2. The first-order valence-corrected chi connectivity index (χ1v) is 7.91. The summed E-state index contributed by atoms with van der Waals surface area (Å²) in [6.45, 7) is 0. The van der Waals surface area contributed by atoms with Crippen molar-refractivity contribution in [2.24, 2.45) is 0 Å². The van der Waals surface area contributed by atoms with Gasteiger partial charge in [0.25, 0.3) is 11.8 Å². The topological polar surface area (TPSA) is 72.9 Å². The van der Waals surface area contributed by atoms with Crippen molar-refractivity contribution in [1.82, 2.24) is 5.06 Å². The van der Waals surface area contributed by atoms with E-state index in [0.29, 0.717) is 10.6 Å². The van der Waals surface area contributed by atoms with Crippen LogP contribution in [-0.4, -0.2) is 30.0 Å². The van der Waals surface area contributed by atoms with Crippen LogP contribution in [0.2, 0.25) is 0 Å². The zero-order valence-corrected chi connectivity index (χ0v) is 14.0. The van der Waals surface area contributed by atoms with Crippen LogP contribution in [0.3, 0.4) is 0 Å². The molecular formula is C20H15NO5. The van der Waals surface area contributed by atoms with E-state index >= 15 is 0 Å². The second-order valence-electron chi connectivity index (χ2n) is 5.52. The van der Waals surface area contributed by atoms with Crippen LogP contribution in [0, 0.1) is 11.8 Å². The molecule has 0 saturated carbocycles. The monoisotopic (exact) mass is 349 g/mol. The van der Waals surface area contributed by atoms with Crippen LogP contribution in [-0.2, 0) is 14.4 Å². The van der Waals surface area contributed by atoms with Gasteiger partial charge in [-0.2, -0.15) is 0 Å². The minimum atomic E-state index is -0.761. The fourth-order valence-electron chi connectivity index (χ4n) is 2.30. The molecule has 0 atom stereocenters. The Hall–Kier alpha value is -3.59. The highest BCUT2D eigenvalue weighted by Gasteiger charge is 2.33. The van der Waals surface area contributed by atoms with Crippen LogP contribution >= 0.6 is 0 Å². The first kappa shape index (κ1) is 17.2. The van der Waals surface area contributed by atoms with Gasteiger partial charge in [0.1, 0.15) is 5.75 Å². The number of methoxy groups -OCH3 is 1. The Morgan fingerprint density at radius 2 is 1.38 bits per heavy atom. The number of carbonyl (C=O) groups is 3. The molecule has 2 amide bonds. The number of hydroxylamine groups is 2. The summed E-state index contributed by atoms with van der Waals surface area (Å²) in [5.74, 6) is 4.98. The maximum atomic E-state index is 12.0. The van der Waals surface area contributed by atoms with Crippen molar-refractivity contribution in [3.05, 3.63) is 65.2 Å². The molecule has 26 heavy (non-hydrogen) atoms. The Kier molecular flexibility index (Phi) is 4.99. The van der Waals surface area contributed by atoms with Gasteiger partial charge in [-0.1, -0.05) is 11.8 Å². The fourth-order valence-corrected chi connectivity index (χ4v) is 2.30. The molecule has 2 aromatic rings. The summed E-state index contributed by atoms with van der Waals surface area (Å²) in [6, 6.07) is 13.7. The Morgan fingerprint density at radius 3 is 1.88 bits per heavy atom. The predicted molar refractivity (Wildman–Crippen MR) is 91.9 cm³/mol. The third-order valence-corrected chi connectivity index (χ3v) is 3.74. The standard InChI is InChI=1S/C20H15NO5/c1-25-17-10-6-15(7-11-17)3-2-14-4-8-16(9-5-14)20(24)26-21-18(22)12-13-19(21)23/h4-11H,12-13H2,1H3. The lowest BCUT2D eigenvalue weighted by atomic mass is 10.1. The van der Waals surface area contributed by atoms with Crippen LogP contribution in [0.15, 0.2) is 48.5 Å². The zero-order chi connectivity index (χ0) is 18.5. The Bertz CT molecular complexity index is 888. The maximum Gasteiger partial charge on any atom is 0.363 e. The first-order chi connectivity index (χ1) is 12.6. The van der Waals surface area contributed by atoms with E-state index in [9.17, 15) is 14.4 Å². The number of benzene rings is 2. The smallest absolute Gasteiger partial charge is 0.363 e. The molecule has 0 aliphatic carbocycles. The molecule has 2 aromatic carbocycles. The van der Waals surface area contributed by atoms with Crippen LogP contribution < -0.4 is 4.74 Å². The van der Waals surface area contributed by atoms with Gasteiger partial charge in [0.15, 0.2) is 0 Å². The summed E-state index contributed by atoms with van der Waals surface area (Å²) in [7, 11) is 1.60. The van der Waals surface area contributed by atoms with Crippen molar-refractivity contribution < 1.29 is 24.0 Å². The van der Waals surface area contributed by atoms with Crippen molar-refractivity contribution in [1.29, 1.82) is 0 Å². The molecule has 3 rings (SSSR count). The minimum absolute atomic E-state index is 0.0615. The lowest BCUT2D eigenvalue weighted by Crippen LogP contribution is -2.32. The summed E-state index contributed by atoms with van der Waals surface area (Å²) in [5.41, 5.74) is 1.78. The van der Waals surface area contributed by atoms with Crippen molar-refractivity contribution in [3.63, 3.8) is 0 Å². The van der Waals surface area contributed by atoms with Gasteiger partial charge in [-0.3, -0.25) is 9.59 Å². The number of ether oxygens (including phenoxy) is 1. The average molecular weight is 349 g/mol. The normalized spacial score (nSPS) is 13.2. The molecule has 130 valence electrons. The molecule has 6 heteroatoms. The molecule has 1 fully saturated rings. The molecule has 0 aromatic heterocycles. The average Bonchev–Trinajstić information content (AvgIpc) is 2.99. The Balaban J connectivity index is 1.66. The highest BCUT2D eigenvalue weighted by atomic mass is 16.7. The molecule has 1 heterocycles. The molecular weight excluding hydrogens is 334 g/mol. The lowest BCUT2D eigenvalue weighted by Gasteiger charge is -2.12. The maximum absolute atomic E-state index is 12.0. The van der Waals surface area contributed by atoms with Gasteiger partial charge in [-0.05, 0) is 48.5 Å². The highest BCUT2D eigenvalue weighted by molar-refractivity contribution is 6.02. The molecule has 0 spiro atoms. The number of hydrogen-bond acceptors (Lipinski definition) is 5. The van der Waals surface area contributed by atoms with E-state index in [4.69, 9.17) is 9.57 Å². The summed E-state index contributed by atoms with van der Waals surface area (Å²) in [4.78, 5) is 39.8. The van der Waals surface area contributed by atoms with E-state index in [-0.39, 0.29) is 18.4 Å². The molecule has 1 saturated heterocycles. The van der Waals surface area contributed by atoms with Gasteiger partial charge in [0.2, 0.25) is 0 Å². The minimum Gasteiger partial charge on any atom is -0.497 e. The molecule has 1 aliphatic heterocycles. The second kappa shape index (κ2) is 7.53. The van der Waals surface area contributed by atoms with Crippen LogP contribution in [0.1, 0.15) is 34.3 Å². The Labute approximate surface area is 150 Å². The van der Waals surface area contributed by atoms with Gasteiger partial charge in [-0.25, -0.2) is 4.79 Å². The van der Waals surface area contributed by atoms with Crippen molar-refractivity contribution in [2.75, 3.05) is 7.11 Å². The van der Waals surface area contributed by atoms with Crippen LogP contribution in [0.5, 0.6) is 5.75 Å². The second-order valence-corrected chi connectivity index (χ2v) is 5.52. The first-order valence-electron chi connectivity index (χ1n) is 7.91. The quantitative estimate of drug-likeness (QED) is 0.628. The number of carbonyl (C=O) groups excluding carboxylic acids is 3. The van der Waals surface area contributed by atoms with E-state index in [1.54, 1.807) is 19.2 Å². The van der Waals surface area contributed by atoms with Crippen LogP contribution in [0.25, 0.3) is 0 Å². The summed E-state index contributed by atoms with van der Waals surface area (Å²) in [6.07, 6.45) is 0.123. The van der Waals surface area contributed by atoms with E-state index in [1.807, 2.05) is 24.3 Å². The Morgan fingerprint density at radius 1 is 0.885 bits per heavy atom. The van der Waals surface area contributed by atoms with Crippen molar-refractivity contribution in [3.8, 4) is 17.6 Å². The van der Waals surface area contributed by atoms with Crippen molar-refractivity contribution in [2.45, 2.75) is 12.8 Å². The lowest BCUT2D eigenvalue weighted by molar-refractivity contribution is -0.172. The summed E-state index contributed by atoms with van der Waals surface area (Å²) in [5, 5.41) is 0.528. The third-order valence-electron chi connectivity index (χ3n) is 3.74. The number of imide groups is 1. The van der Waals surface area contributed by atoms with E-state index in [1.165, 1.54) is 12.1 Å². The fraction of sp³-hybridized carbons (Fsp3) is 0.150. The van der Waals surface area contributed by atoms with Crippen molar-refractivity contribution >= 4 is 17.8 Å².